The van der Waals surface area contributed by atoms with E-state index >= 15 is 0 Å². The normalized spacial score (nSPS) is 15.3. The van der Waals surface area contributed by atoms with E-state index in [1.807, 2.05) is 13.8 Å². The number of aliphatic hydroxyl groups is 1. The fraction of sp³-hybridized carbons (Fsp3) is 0.394. The van der Waals surface area contributed by atoms with Crippen molar-refractivity contribution in [1.29, 1.82) is 0 Å². The van der Waals surface area contributed by atoms with E-state index in [9.17, 15) is 41.0 Å². The highest BCUT2D eigenvalue weighted by atomic mass is 19.4. The third kappa shape index (κ3) is 9.46. The van der Waals surface area contributed by atoms with Crippen molar-refractivity contribution < 1.29 is 45.8 Å². The maximum atomic E-state index is 13.6. The molecule has 2 atom stereocenters. The lowest BCUT2D eigenvalue weighted by Crippen LogP contribution is -2.48. The first kappa shape index (κ1) is 34.8. The third-order valence-electron chi connectivity index (χ3n) is 7.32. The zero-order valence-corrected chi connectivity index (χ0v) is 25.2. The highest BCUT2D eigenvalue weighted by Gasteiger charge is 2.37. The zero-order chi connectivity index (χ0) is 33.6. The Kier molecular flexibility index (Phi) is 11.0. The molecule has 0 spiro atoms. The minimum absolute atomic E-state index is 0.0516. The van der Waals surface area contributed by atoms with E-state index in [1.165, 1.54) is 6.07 Å². The summed E-state index contributed by atoms with van der Waals surface area (Å²) < 4.78 is 85.5. The summed E-state index contributed by atoms with van der Waals surface area (Å²) in [6, 6.07) is 14.0. The standard InChI is InChI=1S/C33H35F6N3O4/c1-20(2)46-27-15-23(14-26(17-27)42-10-6-9-30(42)44)31(45)41-28(13-21-7-4-3-5-8-21)29(43)19-40-18-22-11-24(32(34,35)36)16-25(12-22)33(37,38)39/h3-5,7-8,11-12,14-17,20,28-29,40,43H,6,9-10,13,18-19H2,1-2H3,(H,41,45)/t28-,29-/m0/s1. The molecule has 248 valence electrons. The van der Waals surface area contributed by atoms with Gasteiger partial charge in [-0.15, -0.1) is 0 Å². The molecule has 1 saturated heterocycles. The number of alkyl halides is 6. The molecule has 0 aliphatic carbocycles. The Hall–Kier alpha value is -4.10. The van der Waals surface area contributed by atoms with Gasteiger partial charge in [-0.3, -0.25) is 9.59 Å². The molecular formula is C33H35F6N3O4. The molecule has 0 aromatic heterocycles. The summed E-state index contributed by atoms with van der Waals surface area (Å²) in [6.07, 6.45) is -10.3. The lowest BCUT2D eigenvalue weighted by atomic mass is 10.00. The molecule has 0 saturated carbocycles. The van der Waals surface area contributed by atoms with Gasteiger partial charge in [0.1, 0.15) is 5.75 Å². The van der Waals surface area contributed by atoms with Crippen molar-refractivity contribution in [3.05, 3.63) is 94.5 Å². The molecule has 0 unspecified atom stereocenters. The van der Waals surface area contributed by atoms with Crippen molar-refractivity contribution in [3.8, 4) is 5.75 Å². The van der Waals surface area contributed by atoms with Crippen molar-refractivity contribution >= 4 is 17.5 Å². The van der Waals surface area contributed by atoms with Crippen molar-refractivity contribution in [2.75, 3.05) is 18.0 Å². The number of carbonyl (C=O) groups excluding carboxylic acids is 2. The molecule has 13 heteroatoms. The van der Waals surface area contributed by atoms with Gasteiger partial charge in [0, 0.05) is 43.4 Å². The molecule has 46 heavy (non-hydrogen) atoms. The lowest BCUT2D eigenvalue weighted by molar-refractivity contribution is -0.143. The van der Waals surface area contributed by atoms with E-state index in [2.05, 4.69) is 10.6 Å². The number of hydrogen-bond acceptors (Lipinski definition) is 5. The van der Waals surface area contributed by atoms with Gasteiger partial charge in [-0.2, -0.15) is 26.3 Å². The molecule has 2 amide bonds. The third-order valence-corrected chi connectivity index (χ3v) is 7.32. The van der Waals surface area contributed by atoms with Crippen LogP contribution < -0.4 is 20.3 Å². The zero-order valence-electron chi connectivity index (χ0n) is 25.2. The molecule has 1 fully saturated rings. The highest BCUT2D eigenvalue weighted by molar-refractivity contribution is 5.99. The summed E-state index contributed by atoms with van der Waals surface area (Å²) in [5.74, 6) is -0.284. The van der Waals surface area contributed by atoms with Gasteiger partial charge in [0.15, 0.2) is 0 Å². The molecule has 0 radical (unpaired) electrons. The minimum Gasteiger partial charge on any atom is -0.491 e. The van der Waals surface area contributed by atoms with Crippen LogP contribution in [0.15, 0.2) is 66.7 Å². The van der Waals surface area contributed by atoms with Crippen LogP contribution in [0.4, 0.5) is 32.0 Å². The Morgan fingerprint density at radius 2 is 1.59 bits per heavy atom. The van der Waals surface area contributed by atoms with Crippen LogP contribution in [-0.2, 0) is 30.1 Å². The van der Waals surface area contributed by atoms with Crippen LogP contribution in [0, 0.1) is 0 Å². The second-order valence-corrected chi connectivity index (χ2v) is 11.4. The summed E-state index contributed by atoms with van der Waals surface area (Å²) in [5.41, 5.74) is -1.72. The second kappa shape index (κ2) is 14.5. The van der Waals surface area contributed by atoms with Crippen LogP contribution in [0.2, 0.25) is 0 Å². The molecule has 1 aliphatic rings. The second-order valence-electron chi connectivity index (χ2n) is 11.4. The summed E-state index contributed by atoms with van der Waals surface area (Å²) in [6.45, 7) is 3.45. The van der Waals surface area contributed by atoms with E-state index in [4.69, 9.17) is 4.74 Å². The Bertz CT molecular complexity index is 1480. The molecular weight excluding hydrogens is 616 g/mol. The first-order chi connectivity index (χ1) is 21.6. The monoisotopic (exact) mass is 651 g/mol. The summed E-state index contributed by atoms with van der Waals surface area (Å²) >= 11 is 0. The molecule has 3 aromatic carbocycles. The number of carbonyl (C=O) groups is 2. The van der Waals surface area contributed by atoms with E-state index < -0.39 is 48.1 Å². The molecule has 3 N–H and O–H groups in total. The quantitative estimate of drug-likeness (QED) is 0.205. The lowest BCUT2D eigenvalue weighted by Gasteiger charge is -2.26. The number of hydrogen-bond donors (Lipinski definition) is 3. The Labute approximate surface area is 262 Å². The average Bonchev–Trinajstić information content (AvgIpc) is 3.41. The Morgan fingerprint density at radius 1 is 0.935 bits per heavy atom. The SMILES string of the molecule is CC(C)Oc1cc(C(=O)N[C@@H](Cc2ccccc2)[C@@H](O)CNCc2cc(C(F)(F)F)cc(C(F)(F)F)c2)cc(N2CCCC2=O)c1. The number of rotatable bonds is 12. The maximum absolute atomic E-state index is 13.6. The number of halogens is 6. The van der Waals surface area contributed by atoms with Gasteiger partial charge in [-0.05, 0) is 68.1 Å². The van der Waals surface area contributed by atoms with Crippen molar-refractivity contribution in [1.82, 2.24) is 10.6 Å². The van der Waals surface area contributed by atoms with Crippen molar-refractivity contribution in [2.24, 2.45) is 0 Å². The van der Waals surface area contributed by atoms with Gasteiger partial charge >= 0.3 is 12.4 Å². The van der Waals surface area contributed by atoms with Crippen LogP contribution >= 0.6 is 0 Å². The van der Waals surface area contributed by atoms with Crippen molar-refractivity contribution in [2.45, 2.75) is 70.3 Å². The van der Waals surface area contributed by atoms with Gasteiger partial charge in [-0.1, -0.05) is 30.3 Å². The number of nitrogens with one attached hydrogen (secondary N) is 2. The number of amides is 2. The van der Waals surface area contributed by atoms with Gasteiger partial charge in [0.2, 0.25) is 5.91 Å². The first-order valence-corrected chi connectivity index (χ1v) is 14.7. The molecule has 1 heterocycles. The maximum Gasteiger partial charge on any atom is 0.416 e. The van der Waals surface area contributed by atoms with Crippen molar-refractivity contribution in [3.63, 3.8) is 0 Å². The Balaban J connectivity index is 1.54. The molecule has 3 aromatic rings. The number of anilines is 1. The summed E-state index contributed by atoms with van der Waals surface area (Å²) in [4.78, 5) is 27.6. The van der Waals surface area contributed by atoms with E-state index in [0.717, 1.165) is 5.56 Å². The number of ether oxygens (including phenoxy) is 1. The first-order valence-electron chi connectivity index (χ1n) is 14.7. The molecule has 4 rings (SSSR count). The number of nitrogens with zero attached hydrogens (tertiary/aromatic N) is 1. The van der Waals surface area contributed by atoms with E-state index in [-0.39, 0.29) is 42.2 Å². The fourth-order valence-corrected chi connectivity index (χ4v) is 5.16. The predicted molar refractivity (Wildman–Crippen MR) is 159 cm³/mol. The Morgan fingerprint density at radius 3 is 2.15 bits per heavy atom. The summed E-state index contributed by atoms with van der Waals surface area (Å²) in [7, 11) is 0. The van der Waals surface area contributed by atoms with E-state index in [1.54, 1.807) is 47.4 Å². The number of benzene rings is 3. The van der Waals surface area contributed by atoms with Gasteiger partial charge < -0.3 is 25.4 Å². The number of aliphatic hydroxyl groups excluding tert-OH is 1. The molecule has 1 aliphatic heterocycles. The topological polar surface area (TPSA) is 90.9 Å². The van der Waals surface area contributed by atoms with E-state index in [0.29, 0.717) is 43.0 Å². The van der Waals surface area contributed by atoms with Crippen LogP contribution in [-0.4, -0.2) is 48.3 Å². The predicted octanol–water partition coefficient (Wildman–Crippen LogP) is 6.13. The summed E-state index contributed by atoms with van der Waals surface area (Å²) in [5, 5.41) is 16.7. The fourth-order valence-electron chi connectivity index (χ4n) is 5.16. The molecule has 7 nitrogen and oxygen atoms in total. The highest BCUT2D eigenvalue weighted by Crippen LogP contribution is 2.36. The van der Waals surface area contributed by atoms with Gasteiger partial charge in [0.25, 0.3) is 5.91 Å². The van der Waals surface area contributed by atoms with Gasteiger partial charge in [-0.25, -0.2) is 0 Å². The van der Waals surface area contributed by atoms with Crippen LogP contribution in [0.3, 0.4) is 0 Å². The van der Waals surface area contributed by atoms with Crippen LogP contribution in [0.1, 0.15) is 59.3 Å². The molecule has 0 bridgehead atoms. The largest absolute Gasteiger partial charge is 0.491 e. The van der Waals surface area contributed by atoms with Gasteiger partial charge in [0.05, 0.1) is 29.4 Å². The smallest absolute Gasteiger partial charge is 0.416 e. The van der Waals surface area contributed by atoms with Crippen LogP contribution in [0.25, 0.3) is 0 Å². The minimum atomic E-state index is -4.99. The van der Waals surface area contributed by atoms with Crippen LogP contribution in [0.5, 0.6) is 5.75 Å². The average molecular weight is 652 g/mol.